The Bertz CT molecular complexity index is 1070. The number of hydrogen-bond acceptors (Lipinski definition) is 6. The van der Waals surface area contributed by atoms with Gasteiger partial charge in [-0.05, 0) is 44.2 Å². The van der Waals surface area contributed by atoms with Crippen molar-refractivity contribution in [3.63, 3.8) is 0 Å². The Morgan fingerprint density at radius 1 is 1.00 bits per heavy atom. The second-order valence-electron chi connectivity index (χ2n) is 7.11. The van der Waals surface area contributed by atoms with Gasteiger partial charge in [-0.3, -0.25) is 9.59 Å². The van der Waals surface area contributed by atoms with Crippen molar-refractivity contribution in [1.29, 1.82) is 0 Å². The van der Waals surface area contributed by atoms with Crippen molar-refractivity contribution < 1.29 is 9.59 Å². The highest BCUT2D eigenvalue weighted by molar-refractivity contribution is 6.00. The number of pyridine rings is 1. The molecule has 0 aliphatic carbocycles. The topological polar surface area (TPSA) is 118 Å². The van der Waals surface area contributed by atoms with Crippen LogP contribution in [0.1, 0.15) is 46.0 Å². The fraction of sp³-hybridized carbons (Fsp3) is 0.333. The number of nitrogens with one attached hydrogen (secondary N) is 2. The van der Waals surface area contributed by atoms with Crippen LogP contribution in [0.15, 0.2) is 42.6 Å². The van der Waals surface area contributed by atoms with Gasteiger partial charge in [-0.2, -0.15) is 5.10 Å². The summed E-state index contributed by atoms with van der Waals surface area (Å²) in [5.74, 6) is 0.401. The minimum Gasteiger partial charge on any atom is -0.399 e. The van der Waals surface area contributed by atoms with Crippen molar-refractivity contribution in [2.45, 2.75) is 27.7 Å². The van der Waals surface area contributed by atoms with Crippen molar-refractivity contribution in [3.05, 3.63) is 65.1 Å². The zero-order valence-electron chi connectivity index (χ0n) is 20.7. The Morgan fingerprint density at radius 2 is 1.64 bits per heavy atom. The SMILES string of the molecule is CC.CNC(=O)c1cc(N)cc(C(=O)N(C)C)c1.CNc1cc(-n2nc(C)cc2C)ccn1. The number of aromatic nitrogens is 3. The molecule has 0 unspecified atom stereocenters. The van der Waals surface area contributed by atoms with Crippen molar-refractivity contribution in [3.8, 4) is 5.69 Å². The third-order valence-corrected chi connectivity index (χ3v) is 4.35. The molecule has 1 aromatic carbocycles. The Labute approximate surface area is 196 Å². The van der Waals surface area contributed by atoms with Gasteiger partial charge in [0.15, 0.2) is 0 Å². The number of benzene rings is 1. The minimum atomic E-state index is -0.264. The molecule has 3 aromatic rings. The number of carbonyl (C=O) groups excluding carboxylic acids is 2. The monoisotopic (exact) mass is 453 g/mol. The first-order chi connectivity index (χ1) is 15.7. The minimum absolute atomic E-state index is 0.183. The molecule has 0 aliphatic heterocycles. The van der Waals surface area contributed by atoms with E-state index in [1.807, 2.05) is 51.6 Å². The molecule has 0 saturated carbocycles. The van der Waals surface area contributed by atoms with Crippen molar-refractivity contribution in [2.24, 2.45) is 0 Å². The zero-order valence-corrected chi connectivity index (χ0v) is 20.7. The molecule has 0 bridgehead atoms. The van der Waals surface area contributed by atoms with Crippen molar-refractivity contribution >= 4 is 23.3 Å². The third-order valence-electron chi connectivity index (χ3n) is 4.35. The van der Waals surface area contributed by atoms with E-state index in [1.54, 1.807) is 26.4 Å². The van der Waals surface area contributed by atoms with Gasteiger partial charge in [-0.25, -0.2) is 9.67 Å². The summed E-state index contributed by atoms with van der Waals surface area (Å²) in [5, 5.41) is 9.91. The first-order valence-electron chi connectivity index (χ1n) is 10.7. The average molecular weight is 454 g/mol. The van der Waals surface area contributed by atoms with Crippen molar-refractivity contribution in [1.82, 2.24) is 25.0 Å². The second kappa shape index (κ2) is 12.8. The number of nitrogens with zero attached hydrogens (tertiary/aromatic N) is 4. The molecular formula is C24H35N7O2. The van der Waals surface area contributed by atoms with Gasteiger partial charge in [0.1, 0.15) is 5.82 Å². The lowest BCUT2D eigenvalue weighted by molar-refractivity contribution is 0.0827. The summed E-state index contributed by atoms with van der Waals surface area (Å²) in [5.41, 5.74) is 10.00. The Kier molecular flexibility index (Phi) is 10.6. The number of nitrogen functional groups attached to an aromatic ring is 1. The molecule has 178 valence electrons. The molecule has 4 N–H and O–H groups in total. The first-order valence-corrected chi connectivity index (χ1v) is 10.7. The normalized spacial score (nSPS) is 9.58. The van der Waals surface area contributed by atoms with Crippen LogP contribution in [0, 0.1) is 13.8 Å². The largest absolute Gasteiger partial charge is 0.399 e. The highest BCUT2D eigenvalue weighted by Gasteiger charge is 2.12. The van der Waals surface area contributed by atoms with E-state index in [9.17, 15) is 9.59 Å². The summed E-state index contributed by atoms with van der Waals surface area (Å²) in [4.78, 5) is 28.7. The van der Waals surface area contributed by atoms with Crippen LogP contribution in [0.25, 0.3) is 5.69 Å². The zero-order chi connectivity index (χ0) is 25.1. The van der Waals surface area contributed by atoms with Crippen LogP contribution in [-0.4, -0.2) is 59.7 Å². The summed E-state index contributed by atoms with van der Waals surface area (Å²) in [6.45, 7) is 8.03. The van der Waals surface area contributed by atoms with Crippen LogP contribution < -0.4 is 16.4 Å². The van der Waals surface area contributed by atoms with Crippen LogP contribution in [0.3, 0.4) is 0 Å². The fourth-order valence-corrected chi connectivity index (χ4v) is 2.89. The van der Waals surface area contributed by atoms with Crippen LogP contribution in [0.5, 0.6) is 0 Å². The highest BCUT2D eigenvalue weighted by Crippen LogP contribution is 2.14. The van der Waals surface area contributed by atoms with Crippen LogP contribution in [0.2, 0.25) is 0 Å². The van der Waals surface area contributed by atoms with Gasteiger partial charge in [0.2, 0.25) is 0 Å². The number of anilines is 2. The number of hydrogen-bond donors (Lipinski definition) is 3. The highest BCUT2D eigenvalue weighted by atomic mass is 16.2. The van der Waals surface area contributed by atoms with E-state index in [1.165, 1.54) is 24.1 Å². The van der Waals surface area contributed by atoms with Crippen LogP contribution in [0.4, 0.5) is 11.5 Å². The van der Waals surface area contributed by atoms with E-state index in [4.69, 9.17) is 5.73 Å². The molecule has 9 nitrogen and oxygen atoms in total. The van der Waals surface area contributed by atoms with E-state index in [0.717, 1.165) is 22.9 Å². The number of aryl methyl sites for hydroxylation is 2. The maximum atomic E-state index is 11.7. The first kappa shape index (κ1) is 27.2. The summed E-state index contributed by atoms with van der Waals surface area (Å²) in [7, 11) is 6.67. The molecule has 3 rings (SSSR count). The lowest BCUT2D eigenvalue weighted by Gasteiger charge is -2.11. The fourth-order valence-electron chi connectivity index (χ4n) is 2.89. The summed E-state index contributed by atoms with van der Waals surface area (Å²) < 4.78 is 1.91. The standard InChI is InChI=1S/C11H14N4.C11H15N3O2.C2H6/c1-8-6-9(2)15(14-8)10-4-5-13-11(7-10)12-3;1-13-10(15)7-4-8(6-9(12)5-7)11(16)14(2)3;1-2/h4-7H,1-3H3,(H,12,13);4-6H,12H2,1-3H3,(H,13,15);1-2H3. The molecule has 0 fully saturated rings. The number of nitrogens with two attached hydrogens (primary N) is 1. The maximum absolute atomic E-state index is 11.7. The lowest BCUT2D eigenvalue weighted by atomic mass is 10.1. The van der Waals surface area contributed by atoms with E-state index >= 15 is 0 Å². The number of carbonyl (C=O) groups is 2. The van der Waals surface area contributed by atoms with Gasteiger partial charge in [-0.1, -0.05) is 13.8 Å². The molecule has 33 heavy (non-hydrogen) atoms. The molecule has 0 radical (unpaired) electrons. The van der Waals surface area contributed by atoms with E-state index in [0.29, 0.717) is 16.8 Å². The van der Waals surface area contributed by atoms with E-state index < -0.39 is 0 Å². The van der Waals surface area contributed by atoms with E-state index in [-0.39, 0.29) is 11.8 Å². The predicted molar refractivity (Wildman–Crippen MR) is 134 cm³/mol. The number of amides is 2. The molecule has 2 aromatic heterocycles. The van der Waals surface area contributed by atoms with Gasteiger partial charge in [0, 0.05) is 63.0 Å². The van der Waals surface area contributed by atoms with Gasteiger partial charge in [-0.15, -0.1) is 0 Å². The second-order valence-corrected chi connectivity index (χ2v) is 7.11. The van der Waals surface area contributed by atoms with Gasteiger partial charge >= 0.3 is 0 Å². The Hall–Kier alpha value is -3.88. The molecule has 0 aliphatic rings. The summed E-state index contributed by atoms with van der Waals surface area (Å²) in [6, 6.07) is 10.6. The van der Waals surface area contributed by atoms with Gasteiger partial charge in [0.25, 0.3) is 11.8 Å². The van der Waals surface area contributed by atoms with Crippen molar-refractivity contribution in [2.75, 3.05) is 39.2 Å². The quantitative estimate of drug-likeness (QED) is 0.522. The summed E-state index contributed by atoms with van der Waals surface area (Å²) >= 11 is 0. The molecule has 0 spiro atoms. The summed E-state index contributed by atoms with van der Waals surface area (Å²) in [6.07, 6.45) is 1.78. The average Bonchev–Trinajstić information content (AvgIpc) is 3.17. The Morgan fingerprint density at radius 3 is 2.15 bits per heavy atom. The van der Waals surface area contributed by atoms with Gasteiger partial charge < -0.3 is 21.3 Å². The molecular weight excluding hydrogens is 418 g/mol. The molecule has 2 heterocycles. The predicted octanol–water partition coefficient (Wildman–Crippen LogP) is 3.28. The maximum Gasteiger partial charge on any atom is 0.253 e. The molecule has 0 saturated heterocycles. The third kappa shape index (κ3) is 7.64. The molecule has 2 amide bonds. The smallest absolute Gasteiger partial charge is 0.253 e. The van der Waals surface area contributed by atoms with Gasteiger partial charge in [0.05, 0.1) is 11.4 Å². The number of rotatable bonds is 4. The molecule has 0 atom stereocenters. The van der Waals surface area contributed by atoms with Crippen LogP contribution in [-0.2, 0) is 0 Å². The molecule has 9 heteroatoms. The van der Waals surface area contributed by atoms with Crippen LogP contribution >= 0.6 is 0 Å². The van der Waals surface area contributed by atoms with E-state index in [2.05, 4.69) is 26.8 Å². The Balaban J connectivity index is 0.000000307. The lowest BCUT2D eigenvalue weighted by Crippen LogP contribution is -2.23.